The number of hydrogen-bond acceptors (Lipinski definition) is 2. The van der Waals surface area contributed by atoms with Crippen LogP contribution in [-0.2, 0) is 13.0 Å². The van der Waals surface area contributed by atoms with Crippen LogP contribution < -0.4 is 10.5 Å². The van der Waals surface area contributed by atoms with Gasteiger partial charge in [0, 0.05) is 16.1 Å². The van der Waals surface area contributed by atoms with Crippen LogP contribution >= 0.6 is 15.9 Å². The lowest BCUT2D eigenvalue weighted by Crippen LogP contribution is -2.17. The molecule has 2 nitrogen and oxygen atoms in total. The summed E-state index contributed by atoms with van der Waals surface area (Å²) >= 11 is 3.54. The second-order valence-corrected chi connectivity index (χ2v) is 6.09. The van der Waals surface area contributed by atoms with Crippen LogP contribution in [-0.4, -0.2) is 0 Å². The molecule has 0 saturated heterocycles. The molecular formula is C17H18BrNO. The fraction of sp³-hybridized carbons (Fsp3) is 0.294. The van der Waals surface area contributed by atoms with Crippen molar-refractivity contribution in [3.05, 3.63) is 63.6 Å². The largest absolute Gasteiger partial charge is 0.489 e. The maximum Gasteiger partial charge on any atom is 0.120 e. The van der Waals surface area contributed by atoms with Gasteiger partial charge in [-0.15, -0.1) is 0 Å². The van der Waals surface area contributed by atoms with E-state index in [2.05, 4.69) is 34.1 Å². The Kier molecular flexibility index (Phi) is 4.08. The fourth-order valence-electron chi connectivity index (χ4n) is 2.69. The van der Waals surface area contributed by atoms with Crippen molar-refractivity contribution in [1.82, 2.24) is 0 Å². The Labute approximate surface area is 128 Å². The maximum atomic E-state index is 6.13. The zero-order valence-electron chi connectivity index (χ0n) is 11.3. The van der Waals surface area contributed by atoms with E-state index in [0.717, 1.165) is 28.6 Å². The molecule has 0 bridgehead atoms. The van der Waals surface area contributed by atoms with Gasteiger partial charge >= 0.3 is 0 Å². The zero-order chi connectivity index (χ0) is 13.9. The highest BCUT2D eigenvalue weighted by Gasteiger charge is 2.17. The van der Waals surface area contributed by atoms with Crippen LogP contribution in [0.2, 0.25) is 0 Å². The van der Waals surface area contributed by atoms with Crippen LogP contribution in [0.5, 0.6) is 5.75 Å². The molecular weight excluding hydrogens is 314 g/mol. The van der Waals surface area contributed by atoms with Crippen molar-refractivity contribution in [2.45, 2.75) is 31.9 Å². The Morgan fingerprint density at radius 1 is 1.20 bits per heavy atom. The van der Waals surface area contributed by atoms with Crippen LogP contribution in [0.25, 0.3) is 0 Å². The Balaban J connectivity index is 1.74. The van der Waals surface area contributed by atoms with E-state index >= 15 is 0 Å². The standard InChI is InChI=1S/C17H18BrNO/c18-16-6-2-1-4-13(16)11-20-14-8-9-15-12(10-14)5-3-7-17(15)19/h1-2,4,6,8-10,17H,3,5,7,11,19H2. The van der Waals surface area contributed by atoms with E-state index in [9.17, 15) is 0 Å². The fourth-order valence-corrected chi connectivity index (χ4v) is 3.09. The molecule has 20 heavy (non-hydrogen) atoms. The quantitative estimate of drug-likeness (QED) is 0.906. The lowest BCUT2D eigenvalue weighted by atomic mass is 9.88. The molecule has 0 fully saturated rings. The molecule has 0 aromatic heterocycles. The molecule has 0 spiro atoms. The third kappa shape index (κ3) is 2.89. The number of ether oxygens (including phenoxy) is 1. The van der Waals surface area contributed by atoms with Gasteiger partial charge < -0.3 is 10.5 Å². The first-order chi connectivity index (χ1) is 9.74. The molecule has 3 rings (SSSR count). The highest BCUT2D eigenvalue weighted by molar-refractivity contribution is 9.10. The SMILES string of the molecule is NC1CCCc2cc(OCc3ccccc3Br)ccc21. The van der Waals surface area contributed by atoms with E-state index in [-0.39, 0.29) is 6.04 Å². The number of benzene rings is 2. The Morgan fingerprint density at radius 3 is 2.90 bits per heavy atom. The van der Waals surface area contributed by atoms with E-state index < -0.39 is 0 Å². The molecule has 3 heteroatoms. The summed E-state index contributed by atoms with van der Waals surface area (Å²) in [5.41, 5.74) is 9.91. The Hall–Kier alpha value is -1.32. The second kappa shape index (κ2) is 5.98. The van der Waals surface area contributed by atoms with Gasteiger partial charge in [0.05, 0.1) is 0 Å². The number of hydrogen-bond donors (Lipinski definition) is 1. The van der Waals surface area contributed by atoms with Crippen molar-refractivity contribution in [3.8, 4) is 5.75 Å². The molecule has 1 atom stereocenters. The van der Waals surface area contributed by atoms with Gasteiger partial charge in [-0.2, -0.15) is 0 Å². The second-order valence-electron chi connectivity index (χ2n) is 5.24. The first-order valence-corrected chi connectivity index (χ1v) is 7.78. The summed E-state index contributed by atoms with van der Waals surface area (Å²) in [7, 11) is 0. The molecule has 0 radical (unpaired) electrons. The van der Waals surface area contributed by atoms with E-state index in [1.165, 1.54) is 17.5 Å². The summed E-state index contributed by atoms with van der Waals surface area (Å²) in [6.45, 7) is 0.576. The van der Waals surface area contributed by atoms with Crippen molar-refractivity contribution < 1.29 is 4.74 Å². The van der Waals surface area contributed by atoms with E-state index in [4.69, 9.17) is 10.5 Å². The summed E-state index contributed by atoms with van der Waals surface area (Å²) in [4.78, 5) is 0. The smallest absolute Gasteiger partial charge is 0.120 e. The van der Waals surface area contributed by atoms with Gasteiger partial charge in [0.25, 0.3) is 0 Å². The minimum Gasteiger partial charge on any atom is -0.489 e. The molecule has 2 aromatic rings. The average molecular weight is 332 g/mol. The molecule has 2 N–H and O–H groups in total. The molecule has 0 aliphatic heterocycles. The summed E-state index contributed by atoms with van der Waals surface area (Å²) in [6, 6.07) is 14.6. The third-order valence-electron chi connectivity index (χ3n) is 3.83. The summed E-state index contributed by atoms with van der Waals surface area (Å²) in [6.07, 6.45) is 3.36. The average Bonchev–Trinajstić information content (AvgIpc) is 2.46. The highest BCUT2D eigenvalue weighted by Crippen LogP contribution is 2.31. The molecule has 2 aromatic carbocycles. The molecule has 0 heterocycles. The first-order valence-electron chi connectivity index (χ1n) is 6.98. The van der Waals surface area contributed by atoms with Crippen molar-refractivity contribution in [2.75, 3.05) is 0 Å². The van der Waals surface area contributed by atoms with Gasteiger partial charge in [0.1, 0.15) is 12.4 Å². The number of fused-ring (bicyclic) bond motifs is 1. The lowest BCUT2D eigenvalue weighted by molar-refractivity contribution is 0.304. The van der Waals surface area contributed by atoms with Gasteiger partial charge in [-0.1, -0.05) is 40.2 Å². The Bertz CT molecular complexity index is 612. The normalized spacial score (nSPS) is 17.6. The highest BCUT2D eigenvalue weighted by atomic mass is 79.9. The monoisotopic (exact) mass is 331 g/mol. The predicted molar refractivity (Wildman–Crippen MR) is 84.8 cm³/mol. The van der Waals surface area contributed by atoms with Gasteiger partial charge in [-0.05, 0) is 48.6 Å². The summed E-state index contributed by atoms with van der Waals surface area (Å²) in [5.74, 6) is 0.925. The lowest BCUT2D eigenvalue weighted by Gasteiger charge is -2.22. The van der Waals surface area contributed by atoms with E-state index in [1.54, 1.807) is 0 Å². The van der Waals surface area contributed by atoms with Crippen LogP contribution in [0.15, 0.2) is 46.9 Å². The van der Waals surface area contributed by atoms with Crippen molar-refractivity contribution in [3.63, 3.8) is 0 Å². The van der Waals surface area contributed by atoms with Crippen LogP contribution in [0.4, 0.5) is 0 Å². The van der Waals surface area contributed by atoms with Crippen LogP contribution in [0.1, 0.15) is 35.6 Å². The van der Waals surface area contributed by atoms with Crippen LogP contribution in [0, 0.1) is 0 Å². The third-order valence-corrected chi connectivity index (χ3v) is 4.60. The molecule has 1 aliphatic rings. The topological polar surface area (TPSA) is 35.2 Å². The van der Waals surface area contributed by atoms with Gasteiger partial charge in [0.2, 0.25) is 0 Å². The summed E-state index contributed by atoms with van der Waals surface area (Å²) < 4.78 is 6.99. The van der Waals surface area contributed by atoms with E-state index in [1.807, 2.05) is 24.3 Å². The van der Waals surface area contributed by atoms with Crippen molar-refractivity contribution >= 4 is 15.9 Å². The predicted octanol–water partition coefficient (Wildman–Crippen LogP) is 4.36. The molecule has 1 aliphatic carbocycles. The molecule has 1 unspecified atom stereocenters. The summed E-state index contributed by atoms with van der Waals surface area (Å²) in [5, 5.41) is 0. The maximum absolute atomic E-state index is 6.13. The number of rotatable bonds is 3. The molecule has 0 amide bonds. The van der Waals surface area contributed by atoms with Crippen molar-refractivity contribution in [2.24, 2.45) is 5.73 Å². The Morgan fingerprint density at radius 2 is 2.05 bits per heavy atom. The van der Waals surface area contributed by atoms with Crippen LogP contribution in [0.3, 0.4) is 0 Å². The number of aryl methyl sites for hydroxylation is 1. The van der Waals surface area contributed by atoms with Gasteiger partial charge in [-0.3, -0.25) is 0 Å². The zero-order valence-corrected chi connectivity index (χ0v) is 12.9. The minimum atomic E-state index is 0.191. The number of nitrogens with two attached hydrogens (primary N) is 1. The van der Waals surface area contributed by atoms with Gasteiger partial charge in [-0.25, -0.2) is 0 Å². The molecule has 104 valence electrons. The van der Waals surface area contributed by atoms with Gasteiger partial charge in [0.15, 0.2) is 0 Å². The van der Waals surface area contributed by atoms with E-state index in [0.29, 0.717) is 6.61 Å². The first kappa shape index (κ1) is 13.7. The minimum absolute atomic E-state index is 0.191. The molecule has 0 saturated carbocycles. The number of halogens is 1. The van der Waals surface area contributed by atoms with Crippen molar-refractivity contribution in [1.29, 1.82) is 0 Å².